The molecule has 2 heterocycles. The Hall–Kier alpha value is -6.06. The van der Waals surface area contributed by atoms with E-state index in [9.17, 15) is 0 Å². The molecular formula is C53H34S2. The monoisotopic (exact) mass is 734 g/mol. The second-order valence-electron chi connectivity index (χ2n) is 15.6. The van der Waals surface area contributed by atoms with Gasteiger partial charge in [-0.05, 0) is 108 Å². The molecule has 0 N–H and O–H groups in total. The molecule has 0 bridgehead atoms. The molecule has 0 saturated heterocycles. The van der Waals surface area contributed by atoms with Gasteiger partial charge < -0.3 is 0 Å². The fraction of sp³-hybridized carbons (Fsp3) is 0.0566. The van der Waals surface area contributed by atoms with E-state index in [4.69, 9.17) is 0 Å². The third-order valence-electron chi connectivity index (χ3n) is 12.3. The van der Waals surface area contributed by atoms with E-state index in [0.717, 1.165) is 0 Å². The quantitative estimate of drug-likeness (QED) is 0.159. The van der Waals surface area contributed by atoms with Crippen LogP contribution in [-0.2, 0) is 5.41 Å². The van der Waals surface area contributed by atoms with E-state index >= 15 is 0 Å². The SMILES string of the molecule is CC1(C)c2ccc(-c3cc4sc5ccccc5c4c4sc5ccccc5c34)cc2-c2ccc(-c3c4ccccc4c(-c4ccccc4)c4ccccc34)cc21. The fourth-order valence-electron chi connectivity index (χ4n) is 9.75. The molecule has 9 aromatic carbocycles. The van der Waals surface area contributed by atoms with Crippen LogP contribution in [0.2, 0.25) is 0 Å². The molecule has 0 radical (unpaired) electrons. The van der Waals surface area contributed by atoms with Gasteiger partial charge in [0.05, 0.1) is 0 Å². The minimum absolute atomic E-state index is 0.144. The van der Waals surface area contributed by atoms with Crippen LogP contribution in [0.3, 0.4) is 0 Å². The summed E-state index contributed by atoms with van der Waals surface area (Å²) in [6.45, 7) is 4.81. The summed E-state index contributed by atoms with van der Waals surface area (Å²) in [4.78, 5) is 0. The number of benzene rings is 9. The zero-order valence-electron chi connectivity index (χ0n) is 30.5. The molecule has 1 aliphatic carbocycles. The predicted molar refractivity (Wildman–Crippen MR) is 241 cm³/mol. The summed E-state index contributed by atoms with van der Waals surface area (Å²) in [7, 11) is 0. The second-order valence-corrected chi connectivity index (χ2v) is 17.7. The summed E-state index contributed by atoms with van der Waals surface area (Å²) >= 11 is 3.86. The van der Waals surface area contributed by atoms with Gasteiger partial charge in [-0.25, -0.2) is 0 Å². The summed E-state index contributed by atoms with van der Waals surface area (Å²) in [5.41, 5.74) is 13.1. The van der Waals surface area contributed by atoms with E-state index in [2.05, 4.69) is 184 Å². The summed E-state index contributed by atoms with van der Waals surface area (Å²) < 4.78 is 5.45. The van der Waals surface area contributed by atoms with Crippen molar-refractivity contribution in [1.82, 2.24) is 0 Å². The first kappa shape index (κ1) is 31.3. The molecule has 2 aromatic heterocycles. The maximum Gasteiger partial charge on any atom is 0.0454 e. The first-order valence-corrected chi connectivity index (χ1v) is 20.7. The van der Waals surface area contributed by atoms with Gasteiger partial charge >= 0.3 is 0 Å². The third kappa shape index (κ3) is 4.38. The zero-order chi connectivity index (χ0) is 36.4. The Balaban J connectivity index is 1.07. The van der Waals surface area contributed by atoms with E-state index < -0.39 is 0 Å². The molecule has 0 nitrogen and oxygen atoms in total. The molecule has 55 heavy (non-hydrogen) atoms. The first-order chi connectivity index (χ1) is 27.0. The first-order valence-electron chi connectivity index (χ1n) is 19.1. The Morgan fingerprint density at radius 3 is 1.56 bits per heavy atom. The van der Waals surface area contributed by atoms with Crippen LogP contribution >= 0.6 is 22.7 Å². The van der Waals surface area contributed by atoms with Crippen molar-refractivity contribution in [3.05, 3.63) is 181 Å². The summed E-state index contributed by atoms with van der Waals surface area (Å²) in [6, 6.07) is 63.7. The van der Waals surface area contributed by atoms with Crippen molar-refractivity contribution in [2.75, 3.05) is 0 Å². The Morgan fingerprint density at radius 1 is 0.345 bits per heavy atom. The fourth-order valence-corrected chi connectivity index (χ4v) is 12.3. The minimum atomic E-state index is -0.144. The molecular weight excluding hydrogens is 701 g/mol. The molecule has 0 unspecified atom stereocenters. The van der Waals surface area contributed by atoms with E-state index in [1.165, 1.54) is 118 Å². The van der Waals surface area contributed by atoms with Crippen molar-refractivity contribution < 1.29 is 0 Å². The van der Waals surface area contributed by atoms with Crippen LogP contribution in [0.25, 0.3) is 106 Å². The lowest BCUT2D eigenvalue weighted by Crippen LogP contribution is -2.15. The molecule has 2 heteroatoms. The Morgan fingerprint density at radius 2 is 0.891 bits per heavy atom. The van der Waals surface area contributed by atoms with Gasteiger partial charge in [-0.3, -0.25) is 0 Å². The van der Waals surface area contributed by atoms with Gasteiger partial charge in [0.2, 0.25) is 0 Å². The van der Waals surface area contributed by atoms with E-state index in [0.29, 0.717) is 0 Å². The molecule has 1 aliphatic rings. The molecule has 0 fully saturated rings. The van der Waals surface area contributed by atoms with E-state index in [1.54, 1.807) is 0 Å². The topological polar surface area (TPSA) is 0 Å². The number of fused-ring (bicyclic) bond motifs is 12. The van der Waals surface area contributed by atoms with Gasteiger partial charge in [-0.15, -0.1) is 22.7 Å². The normalized spacial score (nSPS) is 13.4. The molecule has 0 spiro atoms. The van der Waals surface area contributed by atoms with Crippen LogP contribution in [-0.4, -0.2) is 0 Å². The number of thiophene rings is 2. The van der Waals surface area contributed by atoms with Gasteiger partial charge in [0.1, 0.15) is 0 Å². The predicted octanol–water partition coefficient (Wildman–Crippen LogP) is 16.0. The highest BCUT2D eigenvalue weighted by atomic mass is 32.1. The number of rotatable bonds is 3. The van der Waals surface area contributed by atoms with Crippen LogP contribution in [0.4, 0.5) is 0 Å². The number of hydrogen-bond acceptors (Lipinski definition) is 2. The van der Waals surface area contributed by atoms with Crippen LogP contribution in [0, 0.1) is 0 Å². The maximum atomic E-state index is 2.50. The Bertz CT molecular complexity index is 3340. The average molecular weight is 735 g/mol. The Labute approximate surface area is 327 Å². The molecule has 0 amide bonds. The lowest BCUT2D eigenvalue weighted by Gasteiger charge is -2.23. The van der Waals surface area contributed by atoms with Crippen molar-refractivity contribution in [3.8, 4) is 44.5 Å². The maximum absolute atomic E-state index is 2.50. The van der Waals surface area contributed by atoms with E-state index in [-0.39, 0.29) is 5.41 Å². The summed E-state index contributed by atoms with van der Waals surface area (Å²) in [5.74, 6) is 0. The van der Waals surface area contributed by atoms with Gasteiger partial charge in [-0.1, -0.05) is 153 Å². The average Bonchev–Trinajstić information content (AvgIpc) is 3.87. The van der Waals surface area contributed by atoms with Gasteiger partial charge in [0, 0.05) is 45.8 Å². The zero-order valence-corrected chi connectivity index (χ0v) is 32.1. The highest BCUT2D eigenvalue weighted by molar-refractivity contribution is 7.30. The lowest BCUT2D eigenvalue weighted by molar-refractivity contribution is 0.660. The molecule has 0 saturated carbocycles. The van der Waals surface area contributed by atoms with Gasteiger partial charge in [-0.2, -0.15) is 0 Å². The molecule has 0 aliphatic heterocycles. The van der Waals surface area contributed by atoms with Crippen molar-refractivity contribution in [1.29, 1.82) is 0 Å². The van der Waals surface area contributed by atoms with Crippen LogP contribution < -0.4 is 0 Å². The third-order valence-corrected chi connectivity index (χ3v) is 14.6. The van der Waals surface area contributed by atoms with Crippen molar-refractivity contribution in [3.63, 3.8) is 0 Å². The highest BCUT2D eigenvalue weighted by Gasteiger charge is 2.36. The Kier molecular flexibility index (Phi) is 6.53. The van der Waals surface area contributed by atoms with Crippen molar-refractivity contribution in [2.24, 2.45) is 0 Å². The van der Waals surface area contributed by atoms with Crippen LogP contribution in [0.15, 0.2) is 170 Å². The summed E-state index contributed by atoms with van der Waals surface area (Å²) in [5, 5.41) is 10.6. The smallest absolute Gasteiger partial charge is 0.0454 e. The molecule has 258 valence electrons. The molecule has 0 atom stereocenters. The minimum Gasteiger partial charge on any atom is -0.135 e. The second kappa shape index (κ2) is 11.5. The van der Waals surface area contributed by atoms with Crippen LogP contribution in [0.5, 0.6) is 0 Å². The van der Waals surface area contributed by atoms with Crippen LogP contribution in [0.1, 0.15) is 25.0 Å². The molecule has 11 aromatic rings. The van der Waals surface area contributed by atoms with Gasteiger partial charge in [0.25, 0.3) is 0 Å². The summed E-state index contributed by atoms with van der Waals surface area (Å²) in [6.07, 6.45) is 0. The van der Waals surface area contributed by atoms with E-state index in [1.807, 2.05) is 22.7 Å². The van der Waals surface area contributed by atoms with Gasteiger partial charge in [0.15, 0.2) is 0 Å². The lowest BCUT2D eigenvalue weighted by atomic mass is 9.80. The standard InChI is InChI=1S/C53H34S2/c1-53(2)43-27-25-32(41-30-47-51(40-21-11-12-22-45(40)54-47)52-50(41)39-20-10-13-23-46(39)55-52)28-42(43)34-26-24-33(29-44(34)53)49-37-18-8-6-16-35(37)48(31-14-4-3-5-15-31)36-17-7-9-19-38(36)49/h3-30H,1-2H3. The number of hydrogen-bond donors (Lipinski definition) is 0. The largest absolute Gasteiger partial charge is 0.135 e. The highest BCUT2D eigenvalue weighted by Crippen LogP contribution is 2.54. The molecule has 12 rings (SSSR count). The van der Waals surface area contributed by atoms with Crippen molar-refractivity contribution >= 4 is 84.6 Å². The van der Waals surface area contributed by atoms with Crippen molar-refractivity contribution in [2.45, 2.75) is 19.3 Å².